The Morgan fingerprint density at radius 3 is 2.42 bits per heavy atom. The van der Waals surface area contributed by atoms with E-state index in [1.165, 1.54) is 12.1 Å². The number of nitrogens with zero attached hydrogens (tertiary/aromatic N) is 3. The van der Waals surface area contributed by atoms with Gasteiger partial charge in [0, 0.05) is 28.0 Å². The summed E-state index contributed by atoms with van der Waals surface area (Å²) in [6, 6.07) is 19.0. The van der Waals surface area contributed by atoms with E-state index in [0.717, 1.165) is 11.6 Å². The summed E-state index contributed by atoms with van der Waals surface area (Å²) in [5, 5.41) is 8.42. The Morgan fingerprint density at radius 1 is 0.917 bits per heavy atom. The molecule has 1 N–H and O–H groups in total. The number of ether oxygens (including phenoxy) is 1. The first kappa shape index (κ1) is 23.8. The van der Waals surface area contributed by atoms with Crippen molar-refractivity contribution in [1.29, 1.82) is 0 Å². The number of pyridine rings is 1. The van der Waals surface area contributed by atoms with Crippen molar-refractivity contribution < 1.29 is 17.5 Å². The number of rotatable bonds is 6. The van der Waals surface area contributed by atoms with Gasteiger partial charge < -0.3 is 4.74 Å². The van der Waals surface area contributed by atoms with Crippen molar-refractivity contribution in [2.75, 3.05) is 4.72 Å². The smallest absolute Gasteiger partial charge is 0.261 e. The number of hydrogen-bond donors (Lipinski definition) is 1. The Labute approximate surface area is 212 Å². The number of nitrogens with one attached hydrogen (secondary N) is 1. The van der Waals surface area contributed by atoms with Gasteiger partial charge >= 0.3 is 0 Å². The van der Waals surface area contributed by atoms with E-state index in [9.17, 15) is 12.8 Å². The molecule has 7 nitrogen and oxygen atoms in total. The SMILES string of the molecule is Cc1ccc(S(=O)(=O)Nc2ccc(Oc3ccc(Cl)cc3F)c(-c3ccc4nnc(C)n4c3)c2)cc1. The van der Waals surface area contributed by atoms with Gasteiger partial charge in [-0.1, -0.05) is 29.3 Å². The Hall–Kier alpha value is -3.95. The van der Waals surface area contributed by atoms with Crippen LogP contribution >= 0.6 is 11.6 Å². The van der Waals surface area contributed by atoms with Crippen molar-refractivity contribution in [2.24, 2.45) is 0 Å². The molecular weight excluding hydrogens is 503 g/mol. The van der Waals surface area contributed by atoms with Gasteiger partial charge in [-0.05, 0) is 74.5 Å². The Balaban J connectivity index is 1.59. The molecular formula is C26H20ClFN4O3S. The molecule has 3 aromatic carbocycles. The number of benzene rings is 3. The molecule has 0 bridgehead atoms. The first-order valence-electron chi connectivity index (χ1n) is 10.9. The molecule has 182 valence electrons. The van der Waals surface area contributed by atoms with E-state index in [1.54, 1.807) is 52.9 Å². The lowest BCUT2D eigenvalue weighted by atomic mass is 10.1. The van der Waals surface area contributed by atoms with Gasteiger partial charge in [0.1, 0.15) is 11.6 Å². The fourth-order valence-corrected chi connectivity index (χ4v) is 4.89. The molecule has 0 radical (unpaired) electrons. The average molecular weight is 523 g/mol. The predicted octanol–water partition coefficient (Wildman–Crippen LogP) is 6.40. The number of aryl methyl sites for hydroxylation is 2. The minimum absolute atomic E-state index is 0.0183. The van der Waals surface area contributed by atoms with Gasteiger partial charge in [0.2, 0.25) is 0 Å². The van der Waals surface area contributed by atoms with Crippen LogP contribution in [0.4, 0.5) is 10.1 Å². The third-order valence-corrected chi connectivity index (χ3v) is 7.19. The first-order chi connectivity index (χ1) is 17.2. The molecule has 5 aromatic rings. The van der Waals surface area contributed by atoms with Gasteiger partial charge in [-0.15, -0.1) is 10.2 Å². The summed E-state index contributed by atoms with van der Waals surface area (Å²) in [4.78, 5) is 0.139. The van der Waals surface area contributed by atoms with Crippen LogP contribution in [0.5, 0.6) is 11.5 Å². The number of sulfonamides is 1. The summed E-state index contributed by atoms with van der Waals surface area (Å²) in [5.41, 5.74) is 3.13. The molecule has 0 aliphatic rings. The van der Waals surface area contributed by atoms with Crippen LogP contribution in [0.3, 0.4) is 0 Å². The third-order valence-electron chi connectivity index (χ3n) is 5.56. The van der Waals surface area contributed by atoms with Crippen LogP contribution in [-0.4, -0.2) is 23.0 Å². The highest BCUT2D eigenvalue weighted by atomic mass is 35.5. The molecule has 10 heteroatoms. The zero-order valence-corrected chi connectivity index (χ0v) is 20.8. The van der Waals surface area contributed by atoms with Crippen LogP contribution in [0.1, 0.15) is 11.4 Å². The zero-order valence-electron chi connectivity index (χ0n) is 19.2. The van der Waals surface area contributed by atoms with E-state index >= 15 is 0 Å². The molecule has 0 aliphatic carbocycles. The highest BCUT2D eigenvalue weighted by Crippen LogP contribution is 2.37. The Bertz CT molecular complexity index is 1700. The maximum Gasteiger partial charge on any atom is 0.261 e. The Kier molecular flexibility index (Phi) is 6.11. The van der Waals surface area contributed by atoms with E-state index in [1.807, 2.05) is 26.1 Å². The lowest BCUT2D eigenvalue weighted by molar-refractivity contribution is 0.444. The summed E-state index contributed by atoms with van der Waals surface area (Å²) < 4.78 is 50.7. The van der Waals surface area contributed by atoms with E-state index in [2.05, 4.69) is 14.9 Å². The highest BCUT2D eigenvalue weighted by molar-refractivity contribution is 7.92. The normalized spacial score (nSPS) is 11.6. The molecule has 0 saturated carbocycles. The summed E-state index contributed by atoms with van der Waals surface area (Å²) in [6.45, 7) is 3.70. The predicted molar refractivity (Wildman–Crippen MR) is 137 cm³/mol. The quantitative estimate of drug-likeness (QED) is 0.279. The fourth-order valence-electron chi connectivity index (χ4n) is 3.68. The molecule has 5 rings (SSSR count). The summed E-state index contributed by atoms with van der Waals surface area (Å²) in [7, 11) is -3.84. The number of halogens is 2. The topological polar surface area (TPSA) is 85.6 Å². The minimum Gasteiger partial charge on any atom is -0.454 e. The van der Waals surface area contributed by atoms with Crippen LogP contribution < -0.4 is 9.46 Å². The second-order valence-corrected chi connectivity index (χ2v) is 10.3. The van der Waals surface area contributed by atoms with Gasteiger partial charge in [0.25, 0.3) is 10.0 Å². The van der Waals surface area contributed by atoms with Gasteiger partial charge in [0.05, 0.1) is 4.90 Å². The lowest BCUT2D eigenvalue weighted by Crippen LogP contribution is -2.13. The maximum atomic E-state index is 14.5. The molecule has 0 atom stereocenters. The zero-order chi connectivity index (χ0) is 25.4. The standard InChI is InChI=1S/C26H20ClFN4O3S/c1-16-3-8-21(9-4-16)36(33,34)31-20-7-11-24(35-25-10-6-19(27)13-23(25)28)22(14-20)18-5-12-26-30-29-17(2)32(26)15-18/h3-15,31H,1-2H3. The van der Waals surface area contributed by atoms with Crippen molar-refractivity contribution in [1.82, 2.24) is 14.6 Å². The molecule has 2 heterocycles. The van der Waals surface area contributed by atoms with E-state index in [-0.39, 0.29) is 15.7 Å². The summed E-state index contributed by atoms with van der Waals surface area (Å²) in [6.07, 6.45) is 1.81. The Morgan fingerprint density at radius 2 is 1.67 bits per heavy atom. The molecule has 0 amide bonds. The highest BCUT2D eigenvalue weighted by Gasteiger charge is 2.18. The molecule has 0 fully saturated rings. The van der Waals surface area contributed by atoms with Crippen molar-refractivity contribution in [3.63, 3.8) is 0 Å². The van der Waals surface area contributed by atoms with E-state index in [0.29, 0.717) is 34.0 Å². The van der Waals surface area contributed by atoms with Gasteiger partial charge in [-0.2, -0.15) is 0 Å². The molecule has 0 spiro atoms. The van der Waals surface area contributed by atoms with Crippen molar-refractivity contribution >= 4 is 33.0 Å². The molecule has 0 unspecified atom stereocenters. The van der Waals surface area contributed by atoms with Crippen LogP contribution in [0.15, 0.2) is 83.9 Å². The largest absolute Gasteiger partial charge is 0.454 e. The van der Waals surface area contributed by atoms with Crippen molar-refractivity contribution in [3.8, 4) is 22.6 Å². The van der Waals surface area contributed by atoms with Gasteiger partial charge in [0.15, 0.2) is 17.2 Å². The van der Waals surface area contributed by atoms with E-state index < -0.39 is 15.8 Å². The number of anilines is 1. The van der Waals surface area contributed by atoms with Gasteiger partial charge in [-0.3, -0.25) is 9.12 Å². The third kappa shape index (κ3) is 4.75. The number of fused-ring (bicyclic) bond motifs is 1. The molecule has 36 heavy (non-hydrogen) atoms. The average Bonchev–Trinajstić information content (AvgIpc) is 3.22. The van der Waals surface area contributed by atoms with Crippen LogP contribution in [0, 0.1) is 19.7 Å². The van der Waals surface area contributed by atoms with Crippen molar-refractivity contribution in [3.05, 3.63) is 101 Å². The monoisotopic (exact) mass is 522 g/mol. The fraction of sp³-hybridized carbons (Fsp3) is 0.0769. The van der Waals surface area contributed by atoms with Crippen LogP contribution in [-0.2, 0) is 10.0 Å². The molecule has 0 saturated heterocycles. The lowest BCUT2D eigenvalue weighted by Gasteiger charge is -2.15. The summed E-state index contributed by atoms with van der Waals surface area (Å²) in [5.74, 6) is 0.353. The second-order valence-electron chi connectivity index (χ2n) is 8.20. The number of hydrogen-bond acceptors (Lipinski definition) is 5. The maximum absolute atomic E-state index is 14.5. The molecule has 2 aromatic heterocycles. The van der Waals surface area contributed by atoms with Gasteiger partial charge in [-0.25, -0.2) is 12.8 Å². The van der Waals surface area contributed by atoms with Crippen molar-refractivity contribution in [2.45, 2.75) is 18.7 Å². The number of aromatic nitrogens is 3. The summed E-state index contributed by atoms with van der Waals surface area (Å²) >= 11 is 5.87. The minimum atomic E-state index is -3.84. The second kappa shape index (κ2) is 9.25. The van der Waals surface area contributed by atoms with Crippen LogP contribution in [0.25, 0.3) is 16.8 Å². The van der Waals surface area contributed by atoms with Crippen LogP contribution in [0.2, 0.25) is 5.02 Å². The first-order valence-corrected chi connectivity index (χ1v) is 12.7. The van der Waals surface area contributed by atoms with E-state index in [4.69, 9.17) is 16.3 Å². The molecule has 0 aliphatic heterocycles.